The zero-order chi connectivity index (χ0) is 19.9. The van der Waals surface area contributed by atoms with Gasteiger partial charge >= 0.3 is 0 Å². The highest BCUT2D eigenvalue weighted by atomic mass is 16.5. The van der Waals surface area contributed by atoms with E-state index in [2.05, 4.69) is 41.8 Å². The summed E-state index contributed by atoms with van der Waals surface area (Å²) in [5.41, 5.74) is 2.43. The molecule has 0 spiro atoms. The van der Waals surface area contributed by atoms with Crippen LogP contribution < -0.4 is 14.4 Å². The van der Waals surface area contributed by atoms with Crippen LogP contribution in [0.25, 0.3) is 0 Å². The van der Waals surface area contributed by atoms with E-state index in [0.29, 0.717) is 19.1 Å². The van der Waals surface area contributed by atoms with Crippen molar-refractivity contribution in [2.75, 3.05) is 51.3 Å². The van der Waals surface area contributed by atoms with E-state index in [1.165, 1.54) is 5.56 Å². The van der Waals surface area contributed by atoms with Crippen molar-refractivity contribution >= 4 is 5.69 Å². The summed E-state index contributed by atoms with van der Waals surface area (Å²) in [6.45, 7) is 8.96. The second kappa shape index (κ2) is 9.80. The van der Waals surface area contributed by atoms with Crippen LogP contribution in [0.2, 0.25) is 0 Å². The first-order valence-electron chi connectivity index (χ1n) is 10.1. The third-order valence-electron chi connectivity index (χ3n) is 5.26. The molecule has 1 aliphatic heterocycles. The van der Waals surface area contributed by atoms with Crippen LogP contribution in [-0.4, -0.2) is 62.6 Å². The topological polar surface area (TPSA) is 45.2 Å². The van der Waals surface area contributed by atoms with Crippen molar-refractivity contribution in [2.45, 2.75) is 25.9 Å². The van der Waals surface area contributed by atoms with E-state index in [0.717, 1.165) is 43.4 Å². The monoisotopic (exact) mass is 384 g/mol. The molecule has 1 fully saturated rings. The summed E-state index contributed by atoms with van der Waals surface area (Å²) in [4.78, 5) is 4.64. The largest absolute Gasteiger partial charge is 0.495 e. The molecule has 1 atom stereocenters. The van der Waals surface area contributed by atoms with E-state index in [4.69, 9.17) is 9.47 Å². The lowest BCUT2D eigenvalue weighted by atomic mass is 10.0. The smallest absolute Gasteiger partial charge is 0.142 e. The molecule has 1 saturated heterocycles. The second-order valence-corrected chi connectivity index (χ2v) is 7.65. The molecule has 28 heavy (non-hydrogen) atoms. The first-order chi connectivity index (χ1) is 13.6. The van der Waals surface area contributed by atoms with E-state index < -0.39 is 6.10 Å². The number of aliphatic hydroxyl groups excluding tert-OH is 1. The van der Waals surface area contributed by atoms with Crippen molar-refractivity contribution in [1.29, 1.82) is 0 Å². The van der Waals surface area contributed by atoms with Crippen molar-refractivity contribution in [3.8, 4) is 11.5 Å². The number of hydrogen-bond donors (Lipinski definition) is 1. The SMILES string of the molecule is COc1ccccc1N1CCN(C[C@H](O)COc2ccc(C(C)C)cc2)CC1. The summed E-state index contributed by atoms with van der Waals surface area (Å²) in [7, 11) is 1.71. The first kappa shape index (κ1) is 20.5. The summed E-state index contributed by atoms with van der Waals surface area (Å²) in [5, 5.41) is 10.4. The van der Waals surface area contributed by atoms with Gasteiger partial charge in [-0.15, -0.1) is 0 Å². The Morgan fingerprint density at radius 2 is 1.64 bits per heavy atom. The van der Waals surface area contributed by atoms with Crippen LogP contribution in [0.1, 0.15) is 25.3 Å². The quantitative estimate of drug-likeness (QED) is 0.756. The Balaban J connectivity index is 1.43. The lowest BCUT2D eigenvalue weighted by Gasteiger charge is -2.37. The van der Waals surface area contributed by atoms with E-state index in [9.17, 15) is 5.11 Å². The van der Waals surface area contributed by atoms with Gasteiger partial charge < -0.3 is 19.5 Å². The number of piperazine rings is 1. The molecular weight excluding hydrogens is 352 g/mol. The maximum Gasteiger partial charge on any atom is 0.142 e. The predicted octanol–water partition coefficient (Wildman–Crippen LogP) is 3.38. The van der Waals surface area contributed by atoms with E-state index in [-0.39, 0.29) is 0 Å². The molecule has 1 N–H and O–H groups in total. The van der Waals surface area contributed by atoms with E-state index >= 15 is 0 Å². The van der Waals surface area contributed by atoms with Crippen LogP contribution in [-0.2, 0) is 0 Å². The molecule has 0 amide bonds. The Hall–Kier alpha value is -2.24. The lowest BCUT2D eigenvalue weighted by molar-refractivity contribution is 0.0663. The van der Waals surface area contributed by atoms with Gasteiger partial charge in [0.25, 0.3) is 0 Å². The number of nitrogens with zero attached hydrogens (tertiary/aromatic N) is 2. The number of rotatable bonds is 8. The van der Waals surface area contributed by atoms with Gasteiger partial charge in [-0.05, 0) is 35.7 Å². The third kappa shape index (κ3) is 5.40. The number of benzene rings is 2. The van der Waals surface area contributed by atoms with Crippen molar-refractivity contribution in [2.24, 2.45) is 0 Å². The number of anilines is 1. The van der Waals surface area contributed by atoms with Crippen LogP contribution >= 0.6 is 0 Å². The fraction of sp³-hybridized carbons (Fsp3) is 0.478. The highest BCUT2D eigenvalue weighted by molar-refractivity contribution is 5.58. The minimum Gasteiger partial charge on any atom is -0.495 e. The molecule has 5 heteroatoms. The number of ether oxygens (including phenoxy) is 2. The van der Waals surface area contributed by atoms with Crippen LogP contribution in [0, 0.1) is 0 Å². The summed E-state index contributed by atoms with van der Waals surface area (Å²) in [6, 6.07) is 16.3. The molecule has 0 saturated carbocycles. The van der Waals surface area contributed by atoms with Gasteiger partial charge in [-0.2, -0.15) is 0 Å². The molecule has 0 aromatic heterocycles. The molecule has 2 aromatic rings. The van der Waals surface area contributed by atoms with Crippen LogP contribution in [0.15, 0.2) is 48.5 Å². The van der Waals surface area contributed by atoms with Gasteiger partial charge in [0, 0.05) is 32.7 Å². The zero-order valence-electron chi connectivity index (χ0n) is 17.2. The van der Waals surface area contributed by atoms with Crippen molar-refractivity contribution in [3.63, 3.8) is 0 Å². The molecule has 152 valence electrons. The van der Waals surface area contributed by atoms with Gasteiger partial charge in [-0.25, -0.2) is 0 Å². The van der Waals surface area contributed by atoms with Crippen LogP contribution in [0.5, 0.6) is 11.5 Å². The van der Waals surface area contributed by atoms with Gasteiger partial charge in [0.2, 0.25) is 0 Å². The average Bonchev–Trinajstić information content (AvgIpc) is 2.73. The van der Waals surface area contributed by atoms with Gasteiger partial charge in [0.15, 0.2) is 0 Å². The standard InChI is InChI=1S/C23H32N2O3/c1-18(2)19-8-10-21(11-9-19)28-17-20(26)16-24-12-14-25(15-13-24)22-6-4-5-7-23(22)27-3/h4-11,18,20,26H,12-17H2,1-3H3/t20-/m0/s1. The molecule has 3 rings (SSSR count). The fourth-order valence-electron chi connectivity index (χ4n) is 3.55. The normalized spacial score (nSPS) is 16.2. The molecule has 2 aromatic carbocycles. The van der Waals surface area contributed by atoms with Crippen molar-refractivity contribution in [1.82, 2.24) is 4.90 Å². The maximum atomic E-state index is 10.4. The number of aliphatic hydroxyl groups is 1. The highest BCUT2D eigenvalue weighted by Gasteiger charge is 2.21. The van der Waals surface area contributed by atoms with Gasteiger partial charge in [0.1, 0.15) is 24.2 Å². The summed E-state index contributed by atoms with van der Waals surface area (Å²) in [6.07, 6.45) is -0.498. The highest BCUT2D eigenvalue weighted by Crippen LogP contribution is 2.28. The third-order valence-corrected chi connectivity index (χ3v) is 5.26. The van der Waals surface area contributed by atoms with E-state index in [1.54, 1.807) is 7.11 Å². The Bertz CT molecular complexity index is 725. The van der Waals surface area contributed by atoms with E-state index in [1.807, 2.05) is 30.3 Å². The Morgan fingerprint density at radius 1 is 0.964 bits per heavy atom. The maximum absolute atomic E-state index is 10.4. The Labute approximate surface area is 168 Å². The average molecular weight is 385 g/mol. The summed E-state index contributed by atoms with van der Waals surface area (Å²) >= 11 is 0. The number of methoxy groups -OCH3 is 1. The molecule has 0 aliphatic carbocycles. The van der Waals surface area contributed by atoms with Gasteiger partial charge in [0.05, 0.1) is 12.8 Å². The molecule has 5 nitrogen and oxygen atoms in total. The number of β-amino-alcohol motifs (C(OH)–C–C–N with tert-alkyl or cyclic N) is 1. The van der Waals surface area contributed by atoms with Gasteiger partial charge in [-0.1, -0.05) is 38.1 Å². The summed E-state index contributed by atoms with van der Waals surface area (Å²) < 4.78 is 11.2. The number of hydrogen-bond acceptors (Lipinski definition) is 5. The predicted molar refractivity (Wildman–Crippen MR) is 114 cm³/mol. The Morgan fingerprint density at radius 3 is 2.29 bits per heavy atom. The minimum atomic E-state index is -0.498. The lowest BCUT2D eigenvalue weighted by Crippen LogP contribution is -2.49. The summed E-state index contributed by atoms with van der Waals surface area (Å²) in [5.74, 6) is 2.23. The first-order valence-corrected chi connectivity index (χ1v) is 10.1. The molecule has 0 bridgehead atoms. The molecule has 0 radical (unpaired) electrons. The molecule has 1 heterocycles. The minimum absolute atomic E-state index is 0.313. The molecule has 1 aliphatic rings. The fourth-order valence-corrected chi connectivity index (χ4v) is 3.55. The molecular formula is C23H32N2O3. The van der Waals surface area contributed by atoms with Crippen LogP contribution in [0.4, 0.5) is 5.69 Å². The van der Waals surface area contributed by atoms with Crippen molar-refractivity contribution in [3.05, 3.63) is 54.1 Å². The second-order valence-electron chi connectivity index (χ2n) is 7.65. The van der Waals surface area contributed by atoms with Crippen LogP contribution in [0.3, 0.4) is 0 Å². The van der Waals surface area contributed by atoms with Gasteiger partial charge in [-0.3, -0.25) is 4.90 Å². The van der Waals surface area contributed by atoms with Crippen molar-refractivity contribution < 1.29 is 14.6 Å². The molecule has 0 unspecified atom stereocenters. The zero-order valence-corrected chi connectivity index (χ0v) is 17.2. The Kier molecular flexibility index (Phi) is 7.18. The number of para-hydroxylation sites is 2.